The lowest BCUT2D eigenvalue weighted by Gasteiger charge is -2.14. The first-order valence-electron chi connectivity index (χ1n) is 5.76. The van der Waals surface area contributed by atoms with E-state index >= 15 is 0 Å². The summed E-state index contributed by atoms with van der Waals surface area (Å²) in [5, 5.41) is 0. The summed E-state index contributed by atoms with van der Waals surface area (Å²) in [7, 11) is -3.38. The second kappa shape index (κ2) is 5.16. The maximum atomic E-state index is 11.9. The van der Waals surface area contributed by atoms with Crippen LogP contribution in [-0.2, 0) is 14.8 Å². The molecule has 0 aromatic heterocycles. The third kappa shape index (κ3) is 3.06. The summed E-state index contributed by atoms with van der Waals surface area (Å²) in [5.74, 6) is 0.272. The maximum Gasteiger partial charge on any atom is 0.240 e. The highest BCUT2D eigenvalue weighted by molar-refractivity contribution is 7.89. The molecule has 94 valence electrons. The number of nitrogens with one attached hydrogen (secondary N) is 1. The summed E-state index contributed by atoms with van der Waals surface area (Å²) in [4.78, 5) is 0.312. The van der Waals surface area contributed by atoms with Crippen LogP contribution in [0.5, 0.6) is 0 Å². The predicted octanol–water partition coefficient (Wildman–Crippen LogP) is 1.39. The van der Waals surface area contributed by atoms with Crippen LogP contribution >= 0.6 is 0 Å². The lowest BCUT2D eigenvalue weighted by Crippen LogP contribution is -2.31. The number of hydrogen-bond donors (Lipinski definition) is 1. The lowest BCUT2D eigenvalue weighted by atomic mass is 10.0. The van der Waals surface area contributed by atoms with Crippen molar-refractivity contribution in [2.75, 3.05) is 13.2 Å². The fourth-order valence-corrected chi connectivity index (χ4v) is 3.06. The summed E-state index contributed by atoms with van der Waals surface area (Å²) >= 11 is 0. The van der Waals surface area contributed by atoms with E-state index in [-0.39, 0.29) is 12.0 Å². The summed E-state index contributed by atoms with van der Waals surface area (Å²) in [6.45, 7) is 3.14. The second-order valence-electron chi connectivity index (χ2n) is 4.29. The summed E-state index contributed by atoms with van der Waals surface area (Å²) in [5.41, 5.74) is 0. The fourth-order valence-electron chi connectivity index (χ4n) is 1.94. The Labute approximate surface area is 102 Å². The number of benzene rings is 1. The maximum absolute atomic E-state index is 11.9. The molecular weight excluding hydrogens is 238 g/mol. The molecule has 1 aromatic carbocycles. The molecule has 0 radical (unpaired) electrons. The molecule has 0 amide bonds. The zero-order chi connectivity index (χ0) is 12.3. The molecule has 4 nitrogen and oxygen atoms in total. The van der Waals surface area contributed by atoms with E-state index in [1.54, 1.807) is 30.3 Å². The van der Waals surface area contributed by atoms with Gasteiger partial charge in [-0.3, -0.25) is 0 Å². The molecule has 5 heteroatoms. The van der Waals surface area contributed by atoms with Gasteiger partial charge in [0.25, 0.3) is 0 Å². The van der Waals surface area contributed by atoms with E-state index < -0.39 is 10.0 Å². The minimum atomic E-state index is -3.38. The van der Waals surface area contributed by atoms with Crippen molar-refractivity contribution >= 4 is 10.0 Å². The molecule has 2 unspecified atom stereocenters. The summed E-state index contributed by atoms with van der Waals surface area (Å²) < 4.78 is 31.9. The zero-order valence-corrected chi connectivity index (χ0v) is 10.6. The van der Waals surface area contributed by atoms with Gasteiger partial charge in [0.05, 0.1) is 11.0 Å². The van der Waals surface area contributed by atoms with Crippen LogP contribution in [0.1, 0.15) is 13.3 Å². The largest absolute Gasteiger partial charge is 0.378 e. The third-order valence-electron chi connectivity index (χ3n) is 3.12. The van der Waals surface area contributed by atoms with Gasteiger partial charge in [-0.25, -0.2) is 13.1 Å². The molecule has 0 spiro atoms. The predicted molar refractivity (Wildman–Crippen MR) is 65.2 cm³/mol. The van der Waals surface area contributed by atoms with E-state index in [1.807, 2.05) is 6.92 Å². The minimum Gasteiger partial charge on any atom is -0.378 e. The molecule has 1 N–H and O–H groups in total. The molecule has 1 aliphatic heterocycles. The van der Waals surface area contributed by atoms with Crippen molar-refractivity contribution in [1.29, 1.82) is 0 Å². The molecule has 2 rings (SSSR count). The van der Waals surface area contributed by atoms with Crippen LogP contribution in [0, 0.1) is 5.92 Å². The van der Waals surface area contributed by atoms with E-state index in [0.29, 0.717) is 11.4 Å². The first-order valence-corrected chi connectivity index (χ1v) is 7.24. The van der Waals surface area contributed by atoms with E-state index in [1.165, 1.54) is 0 Å². The first kappa shape index (κ1) is 12.5. The molecule has 1 heterocycles. The normalized spacial score (nSPS) is 25.0. The van der Waals surface area contributed by atoms with Gasteiger partial charge in [0.1, 0.15) is 0 Å². The molecule has 0 aliphatic carbocycles. The van der Waals surface area contributed by atoms with Crippen LogP contribution < -0.4 is 4.72 Å². The Kier molecular flexibility index (Phi) is 3.81. The van der Waals surface area contributed by atoms with Gasteiger partial charge in [0.2, 0.25) is 10.0 Å². The Balaban J connectivity index is 1.99. The van der Waals surface area contributed by atoms with Crippen LogP contribution in [0.4, 0.5) is 0 Å². The molecule has 1 aromatic rings. The molecule has 1 aliphatic rings. The zero-order valence-electron chi connectivity index (χ0n) is 9.80. The van der Waals surface area contributed by atoms with Gasteiger partial charge in [-0.2, -0.15) is 0 Å². The monoisotopic (exact) mass is 255 g/mol. The second-order valence-corrected chi connectivity index (χ2v) is 6.06. The Hall–Kier alpha value is -0.910. The van der Waals surface area contributed by atoms with Gasteiger partial charge in [-0.15, -0.1) is 0 Å². The molecule has 1 fully saturated rings. The number of rotatable bonds is 4. The van der Waals surface area contributed by atoms with Crippen molar-refractivity contribution in [2.45, 2.75) is 24.3 Å². The highest BCUT2D eigenvalue weighted by Crippen LogP contribution is 2.20. The van der Waals surface area contributed by atoms with Crippen molar-refractivity contribution in [3.8, 4) is 0 Å². The quantitative estimate of drug-likeness (QED) is 0.884. The average molecular weight is 255 g/mol. The Morgan fingerprint density at radius 2 is 2.06 bits per heavy atom. The van der Waals surface area contributed by atoms with E-state index in [4.69, 9.17) is 4.74 Å². The number of sulfonamides is 1. The van der Waals surface area contributed by atoms with Crippen molar-refractivity contribution in [2.24, 2.45) is 5.92 Å². The summed E-state index contributed by atoms with van der Waals surface area (Å²) in [6.07, 6.45) is 1.05. The molecule has 17 heavy (non-hydrogen) atoms. The van der Waals surface area contributed by atoms with Crippen molar-refractivity contribution in [1.82, 2.24) is 4.72 Å². The van der Waals surface area contributed by atoms with Crippen molar-refractivity contribution in [3.63, 3.8) is 0 Å². The smallest absolute Gasteiger partial charge is 0.240 e. The summed E-state index contributed by atoms with van der Waals surface area (Å²) in [6, 6.07) is 8.42. The van der Waals surface area contributed by atoms with Crippen LogP contribution in [-0.4, -0.2) is 27.7 Å². The number of ether oxygens (including phenoxy) is 1. The number of hydrogen-bond acceptors (Lipinski definition) is 3. The minimum absolute atomic E-state index is 0.133. The van der Waals surface area contributed by atoms with Crippen LogP contribution in [0.25, 0.3) is 0 Å². The van der Waals surface area contributed by atoms with Gasteiger partial charge < -0.3 is 4.74 Å². The average Bonchev–Trinajstić information content (AvgIpc) is 2.74. The van der Waals surface area contributed by atoms with E-state index in [0.717, 1.165) is 13.0 Å². The van der Waals surface area contributed by atoms with E-state index in [2.05, 4.69) is 4.72 Å². The van der Waals surface area contributed by atoms with Crippen LogP contribution in [0.3, 0.4) is 0 Å². The van der Waals surface area contributed by atoms with Gasteiger partial charge in [0, 0.05) is 19.1 Å². The Bertz CT molecular complexity index is 458. The SMILES string of the molecule is CC1OCCC1CNS(=O)(=O)c1ccccc1. The molecule has 2 atom stereocenters. The topological polar surface area (TPSA) is 55.4 Å². The standard InChI is InChI=1S/C12H17NO3S/c1-10-11(7-8-16-10)9-13-17(14,15)12-5-3-2-4-6-12/h2-6,10-11,13H,7-9H2,1H3. The van der Waals surface area contributed by atoms with Crippen molar-refractivity contribution in [3.05, 3.63) is 30.3 Å². The Morgan fingerprint density at radius 3 is 2.65 bits per heavy atom. The Morgan fingerprint density at radius 1 is 1.35 bits per heavy atom. The molecule has 0 saturated carbocycles. The van der Waals surface area contributed by atoms with E-state index in [9.17, 15) is 8.42 Å². The highest BCUT2D eigenvalue weighted by atomic mass is 32.2. The van der Waals surface area contributed by atoms with Crippen molar-refractivity contribution < 1.29 is 13.2 Å². The van der Waals surface area contributed by atoms with Gasteiger partial charge in [-0.1, -0.05) is 18.2 Å². The first-order chi connectivity index (χ1) is 8.09. The fraction of sp³-hybridized carbons (Fsp3) is 0.500. The van der Waals surface area contributed by atoms with Gasteiger partial charge in [-0.05, 0) is 25.5 Å². The molecule has 0 bridgehead atoms. The third-order valence-corrected chi connectivity index (χ3v) is 4.56. The highest BCUT2D eigenvalue weighted by Gasteiger charge is 2.25. The molecular formula is C12H17NO3S. The molecule has 1 saturated heterocycles. The van der Waals surface area contributed by atoms with Gasteiger partial charge in [0.15, 0.2) is 0 Å². The lowest BCUT2D eigenvalue weighted by molar-refractivity contribution is 0.107. The van der Waals surface area contributed by atoms with Crippen LogP contribution in [0.2, 0.25) is 0 Å². The van der Waals surface area contributed by atoms with Crippen LogP contribution in [0.15, 0.2) is 35.2 Å². The van der Waals surface area contributed by atoms with Gasteiger partial charge >= 0.3 is 0 Å².